The zero-order chi connectivity index (χ0) is 13.8. The third-order valence-corrected chi connectivity index (χ3v) is 3.40. The van der Waals surface area contributed by atoms with Crippen molar-refractivity contribution in [3.63, 3.8) is 0 Å². The van der Waals surface area contributed by atoms with E-state index < -0.39 is 0 Å². The summed E-state index contributed by atoms with van der Waals surface area (Å²) < 4.78 is 0. The van der Waals surface area contributed by atoms with Crippen LogP contribution in [0.25, 0.3) is 0 Å². The summed E-state index contributed by atoms with van der Waals surface area (Å²) in [6.45, 7) is 0. The predicted octanol–water partition coefficient (Wildman–Crippen LogP) is 3.12. The van der Waals surface area contributed by atoms with Gasteiger partial charge in [-0.05, 0) is 30.5 Å². The van der Waals surface area contributed by atoms with Crippen LogP contribution in [-0.4, -0.2) is 11.9 Å². The Morgan fingerprint density at radius 2 is 1.55 bits per heavy atom. The first-order valence-electron chi connectivity index (χ1n) is 7.00. The van der Waals surface area contributed by atoms with Gasteiger partial charge < -0.3 is 10.6 Å². The lowest BCUT2D eigenvalue weighted by molar-refractivity contribution is -0.122. The van der Waals surface area contributed by atoms with E-state index in [1.54, 1.807) is 0 Å². The standard InChI is InChI=1S/C17H18N2O/c20-17(19-15-11-12-15)16(13-7-3-1-4-8-13)18-14-9-5-2-6-10-14/h1-10,15-16,18H,11-12H2,(H,19,20)/t16-/m1/s1. The number of anilines is 1. The van der Waals surface area contributed by atoms with Crippen molar-refractivity contribution < 1.29 is 4.79 Å². The van der Waals surface area contributed by atoms with Gasteiger partial charge in [-0.15, -0.1) is 0 Å². The Morgan fingerprint density at radius 1 is 0.950 bits per heavy atom. The number of para-hydroxylation sites is 1. The number of carbonyl (C=O) groups is 1. The fraction of sp³-hybridized carbons (Fsp3) is 0.235. The number of hydrogen-bond acceptors (Lipinski definition) is 2. The van der Waals surface area contributed by atoms with Gasteiger partial charge in [0.2, 0.25) is 5.91 Å². The van der Waals surface area contributed by atoms with Crippen molar-refractivity contribution in [3.05, 3.63) is 66.2 Å². The Kier molecular flexibility index (Phi) is 3.68. The van der Waals surface area contributed by atoms with E-state index in [2.05, 4.69) is 10.6 Å². The van der Waals surface area contributed by atoms with E-state index in [0.29, 0.717) is 6.04 Å². The Labute approximate surface area is 119 Å². The van der Waals surface area contributed by atoms with Gasteiger partial charge in [-0.25, -0.2) is 0 Å². The molecule has 0 spiro atoms. The van der Waals surface area contributed by atoms with Gasteiger partial charge in [0.25, 0.3) is 0 Å². The summed E-state index contributed by atoms with van der Waals surface area (Å²) in [6.07, 6.45) is 2.19. The maximum absolute atomic E-state index is 12.4. The number of carbonyl (C=O) groups excluding carboxylic acids is 1. The summed E-state index contributed by atoms with van der Waals surface area (Å²) in [4.78, 5) is 12.4. The molecule has 102 valence electrons. The van der Waals surface area contributed by atoms with E-state index in [0.717, 1.165) is 24.1 Å². The van der Waals surface area contributed by atoms with Crippen molar-refractivity contribution in [2.75, 3.05) is 5.32 Å². The van der Waals surface area contributed by atoms with Gasteiger partial charge in [-0.1, -0.05) is 48.5 Å². The summed E-state index contributed by atoms with van der Waals surface area (Å²) in [5.41, 5.74) is 1.93. The topological polar surface area (TPSA) is 41.1 Å². The van der Waals surface area contributed by atoms with E-state index in [4.69, 9.17) is 0 Å². The lowest BCUT2D eigenvalue weighted by Crippen LogP contribution is -2.34. The normalized spacial score (nSPS) is 15.4. The third-order valence-electron chi connectivity index (χ3n) is 3.40. The molecular formula is C17H18N2O. The molecule has 2 N–H and O–H groups in total. The molecule has 0 saturated heterocycles. The average Bonchev–Trinajstić information content (AvgIpc) is 3.30. The fourth-order valence-electron chi connectivity index (χ4n) is 2.16. The summed E-state index contributed by atoms with van der Waals surface area (Å²) in [5.74, 6) is 0.0440. The Hall–Kier alpha value is -2.29. The third kappa shape index (κ3) is 3.18. The van der Waals surface area contributed by atoms with Crippen LogP contribution in [-0.2, 0) is 4.79 Å². The van der Waals surface area contributed by atoms with Gasteiger partial charge in [0.05, 0.1) is 0 Å². The van der Waals surface area contributed by atoms with Gasteiger partial charge in [-0.3, -0.25) is 4.79 Å². The molecule has 0 aliphatic heterocycles. The Morgan fingerprint density at radius 3 is 2.15 bits per heavy atom. The van der Waals surface area contributed by atoms with Gasteiger partial charge in [0, 0.05) is 11.7 Å². The van der Waals surface area contributed by atoms with Gasteiger partial charge in [0.15, 0.2) is 0 Å². The molecular weight excluding hydrogens is 248 g/mol. The number of rotatable bonds is 5. The van der Waals surface area contributed by atoms with Crippen LogP contribution < -0.4 is 10.6 Å². The van der Waals surface area contributed by atoms with Crippen LogP contribution >= 0.6 is 0 Å². The molecule has 3 rings (SSSR count). The van der Waals surface area contributed by atoms with Crippen molar-refractivity contribution in [1.82, 2.24) is 5.32 Å². The molecule has 3 heteroatoms. The number of hydrogen-bond donors (Lipinski definition) is 2. The zero-order valence-corrected chi connectivity index (χ0v) is 11.3. The van der Waals surface area contributed by atoms with Crippen LogP contribution in [0.1, 0.15) is 24.4 Å². The second kappa shape index (κ2) is 5.78. The smallest absolute Gasteiger partial charge is 0.247 e. The van der Waals surface area contributed by atoms with Crippen LogP contribution in [0.3, 0.4) is 0 Å². The van der Waals surface area contributed by atoms with Crippen LogP contribution in [0.5, 0.6) is 0 Å². The summed E-state index contributed by atoms with van der Waals surface area (Å²) >= 11 is 0. The fourth-order valence-corrected chi connectivity index (χ4v) is 2.16. The predicted molar refractivity (Wildman–Crippen MR) is 80.4 cm³/mol. The van der Waals surface area contributed by atoms with Crippen molar-refractivity contribution >= 4 is 11.6 Å². The van der Waals surface area contributed by atoms with Crippen LogP contribution in [0.4, 0.5) is 5.69 Å². The first kappa shape index (κ1) is 12.7. The second-order valence-corrected chi connectivity index (χ2v) is 5.14. The van der Waals surface area contributed by atoms with E-state index in [1.807, 2.05) is 60.7 Å². The van der Waals surface area contributed by atoms with Crippen molar-refractivity contribution in [2.45, 2.75) is 24.9 Å². The highest BCUT2D eigenvalue weighted by atomic mass is 16.2. The zero-order valence-electron chi connectivity index (χ0n) is 11.3. The van der Waals surface area contributed by atoms with Gasteiger partial charge in [0.1, 0.15) is 6.04 Å². The second-order valence-electron chi connectivity index (χ2n) is 5.14. The summed E-state index contributed by atoms with van der Waals surface area (Å²) in [5, 5.41) is 6.39. The lowest BCUT2D eigenvalue weighted by Gasteiger charge is -2.20. The molecule has 0 bridgehead atoms. The highest BCUT2D eigenvalue weighted by Gasteiger charge is 2.28. The maximum Gasteiger partial charge on any atom is 0.247 e. The molecule has 1 atom stereocenters. The molecule has 2 aromatic rings. The summed E-state index contributed by atoms with van der Waals surface area (Å²) in [6, 6.07) is 19.7. The molecule has 0 heterocycles. The first-order chi connectivity index (χ1) is 9.83. The Balaban J connectivity index is 1.81. The first-order valence-corrected chi connectivity index (χ1v) is 7.00. The molecule has 1 aliphatic rings. The van der Waals surface area contributed by atoms with Gasteiger partial charge in [-0.2, -0.15) is 0 Å². The maximum atomic E-state index is 12.4. The molecule has 1 aliphatic carbocycles. The molecule has 0 unspecified atom stereocenters. The molecule has 1 saturated carbocycles. The molecule has 1 amide bonds. The SMILES string of the molecule is O=C(NC1CC1)[C@H](Nc1ccccc1)c1ccccc1. The largest absolute Gasteiger partial charge is 0.370 e. The highest BCUT2D eigenvalue weighted by molar-refractivity contribution is 5.86. The van der Waals surface area contributed by atoms with E-state index in [-0.39, 0.29) is 11.9 Å². The van der Waals surface area contributed by atoms with Crippen molar-refractivity contribution in [1.29, 1.82) is 0 Å². The molecule has 3 nitrogen and oxygen atoms in total. The quantitative estimate of drug-likeness (QED) is 0.873. The van der Waals surface area contributed by atoms with Crippen LogP contribution in [0.15, 0.2) is 60.7 Å². The number of amides is 1. The van der Waals surface area contributed by atoms with E-state index >= 15 is 0 Å². The van der Waals surface area contributed by atoms with Gasteiger partial charge >= 0.3 is 0 Å². The Bertz CT molecular complexity index is 564. The molecule has 2 aromatic carbocycles. The molecule has 20 heavy (non-hydrogen) atoms. The highest BCUT2D eigenvalue weighted by Crippen LogP contribution is 2.23. The minimum atomic E-state index is -0.348. The van der Waals surface area contributed by atoms with Crippen molar-refractivity contribution in [2.24, 2.45) is 0 Å². The van der Waals surface area contributed by atoms with Crippen LogP contribution in [0, 0.1) is 0 Å². The molecule has 1 fully saturated rings. The average molecular weight is 266 g/mol. The monoisotopic (exact) mass is 266 g/mol. The minimum Gasteiger partial charge on any atom is -0.370 e. The van der Waals surface area contributed by atoms with Crippen molar-refractivity contribution in [3.8, 4) is 0 Å². The minimum absolute atomic E-state index is 0.0440. The number of nitrogens with one attached hydrogen (secondary N) is 2. The van der Waals surface area contributed by atoms with E-state index in [9.17, 15) is 4.79 Å². The molecule has 0 radical (unpaired) electrons. The lowest BCUT2D eigenvalue weighted by atomic mass is 10.1. The molecule has 0 aromatic heterocycles. The summed E-state index contributed by atoms with van der Waals surface area (Å²) in [7, 11) is 0. The van der Waals surface area contributed by atoms with Crippen LogP contribution in [0.2, 0.25) is 0 Å². The number of benzene rings is 2. The van der Waals surface area contributed by atoms with E-state index in [1.165, 1.54) is 0 Å².